The third kappa shape index (κ3) is 6.07. The van der Waals surface area contributed by atoms with E-state index in [0.29, 0.717) is 17.9 Å². The zero-order chi connectivity index (χ0) is 15.8. The Hall–Kier alpha value is -2.37. The van der Waals surface area contributed by atoms with Gasteiger partial charge < -0.3 is 15.2 Å². The van der Waals surface area contributed by atoms with Crippen molar-refractivity contribution in [3.05, 3.63) is 41.4 Å². The number of carboxylic acids is 1. The lowest BCUT2D eigenvalue weighted by molar-refractivity contribution is -0.132. The first kappa shape index (κ1) is 16.7. The largest absolute Gasteiger partial charge is 0.493 e. The van der Waals surface area contributed by atoms with Gasteiger partial charge in [-0.3, -0.25) is 4.79 Å². The maximum Gasteiger partial charge on any atom is 0.333 e. The second-order valence-electron chi connectivity index (χ2n) is 4.51. The molecule has 0 aliphatic rings. The van der Waals surface area contributed by atoms with Crippen molar-refractivity contribution < 1.29 is 23.8 Å². The zero-order valence-corrected chi connectivity index (χ0v) is 12.0. The number of carboxylic acid groups (broad SMARTS) is 1. The topological polar surface area (TPSA) is 75.6 Å². The smallest absolute Gasteiger partial charge is 0.333 e. The number of ether oxygens (including phenoxy) is 1. The van der Waals surface area contributed by atoms with Crippen molar-refractivity contribution in [3.63, 3.8) is 0 Å². The van der Waals surface area contributed by atoms with Crippen LogP contribution in [0.4, 0.5) is 4.39 Å². The fourth-order valence-electron chi connectivity index (χ4n) is 1.51. The molecule has 0 atom stereocenters. The van der Waals surface area contributed by atoms with Gasteiger partial charge >= 0.3 is 5.97 Å². The van der Waals surface area contributed by atoms with Gasteiger partial charge in [0.2, 0.25) is 5.91 Å². The van der Waals surface area contributed by atoms with Crippen molar-refractivity contribution >= 4 is 11.9 Å². The number of carbonyl (C=O) groups excluding carboxylic acids is 1. The molecule has 1 aromatic rings. The van der Waals surface area contributed by atoms with Crippen LogP contribution in [0.25, 0.3) is 0 Å². The summed E-state index contributed by atoms with van der Waals surface area (Å²) in [5.74, 6) is -1.32. The lowest BCUT2D eigenvalue weighted by atomic mass is 10.2. The van der Waals surface area contributed by atoms with Crippen molar-refractivity contribution in [3.8, 4) is 5.75 Å². The van der Waals surface area contributed by atoms with Gasteiger partial charge in [-0.15, -0.1) is 0 Å². The highest BCUT2D eigenvalue weighted by molar-refractivity contribution is 5.88. The third-order valence-corrected chi connectivity index (χ3v) is 2.82. The van der Waals surface area contributed by atoms with E-state index in [1.165, 1.54) is 26.0 Å². The summed E-state index contributed by atoms with van der Waals surface area (Å²) in [5.41, 5.74) is 0.415. The monoisotopic (exact) mass is 295 g/mol. The van der Waals surface area contributed by atoms with Crippen LogP contribution in [0.5, 0.6) is 5.75 Å². The third-order valence-electron chi connectivity index (χ3n) is 2.82. The summed E-state index contributed by atoms with van der Waals surface area (Å²) in [4.78, 5) is 22.3. The van der Waals surface area contributed by atoms with Crippen LogP contribution in [0, 0.1) is 5.82 Å². The zero-order valence-electron chi connectivity index (χ0n) is 12.0. The van der Waals surface area contributed by atoms with Crippen LogP contribution in [-0.4, -0.2) is 23.6 Å². The van der Waals surface area contributed by atoms with Gasteiger partial charge in [-0.1, -0.05) is 6.07 Å². The normalized spacial score (nSPS) is 11.6. The fourth-order valence-corrected chi connectivity index (χ4v) is 1.51. The number of hydrogen-bond acceptors (Lipinski definition) is 3. The van der Waals surface area contributed by atoms with Crippen molar-refractivity contribution in [2.75, 3.05) is 6.61 Å². The van der Waals surface area contributed by atoms with Crippen LogP contribution >= 0.6 is 0 Å². The van der Waals surface area contributed by atoms with E-state index < -0.39 is 5.97 Å². The molecule has 0 unspecified atom stereocenters. The summed E-state index contributed by atoms with van der Waals surface area (Å²) >= 11 is 0. The Morgan fingerprint density at radius 3 is 2.67 bits per heavy atom. The summed E-state index contributed by atoms with van der Waals surface area (Å²) in [5, 5.41) is 11.3. The number of allylic oxidation sites excluding steroid dienone is 1. The highest BCUT2D eigenvalue weighted by Crippen LogP contribution is 2.12. The van der Waals surface area contributed by atoms with Crippen LogP contribution in [0.1, 0.15) is 26.7 Å². The van der Waals surface area contributed by atoms with Crippen LogP contribution in [-0.2, 0) is 9.59 Å². The summed E-state index contributed by atoms with van der Waals surface area (Å²) in [6.07, 6.45) is 0.640. The molecule has 0 radical (unpaired) electrons. The molecule has 5 nitrogen and oxygen atoms in total. The van der Waals surface area contributed by atoms with Crippen molar-refractivity contribution in [1.29, 1.82) is 0 Å². The van der Waals surface area contributed by atoms with Gasteiger partial charge in [0.05, 0.1) is 12.2 Å². The number of rotatable bonds is 7. The van der Waals surface area contributed by atoms with E-state index in [-0.39, 0.29) is 30.3 Å². The van der Waals surface area contributed by atoms with Crippen LogP contribution in [0.15, 0.2) is 35.5 Å². The molecule has 0 bridgehead atoms. The summed E-state index contributed by atoms with van der Waals surface area (Å²) in [6, 6.07) is 5.76. The molecule has 0 saturated heterocycles. The lowest BCUT2D eigenvalue weighted by Gasteiger charge is -2.08. The number of hydrogen-bond donors (Lipinski definition) is 2. The Kier molecular flexibility index (Phi) is 6.39. The van der Waals surface area contributed by atoms with Gasteiger partial charge in [0.15, 0.2) is 0 Å². The number of halogens is 1. The Labute approximate surface area is 122 Å². The van der Waals surface area contributed by atoms with Crippen molar-refractivity contribution in [2.45, 2.75) is 26.7 Å². The maximum absolute atomic E-state index is 12.9. The van der Waals surface area contributed by atoms with E-state index in [1.54, 1.807) is 12.1 Å². The Balaban J connectivity index is 2.31. The van der Waals surface area contributed by atoms with Gasteiger partial charge in [-0.05, 0) is 32.4 Å². The minimum atomic E-state index is -1.07. The van der Waals surface area contributed by atoms with E-state index in [4.69, 9.17) is 9.84 Å². The Morgan fingerprint density at radius 1 is 1.33 bits per heavy atom. The molecule has 0 aromatic heterocycles. The molecular weight excluding hydrogens is 277 g/mol. The average Bonchev–Trinajstić information content (AvgIpc) is 2.42. The van der Waals surface area contributed by atoms with Crippen LogP contribution < -0.4 is 10.1 Å². The fraction of sp³-hybridized carbons (Fsp3) is 0.333. The number of aliphatic carboxylic acids is 1. The quantitative estimate of drug-likeness (QED) is 0.598. The van der Waals surface area contributed by atoms with E-state index in [1.807, 2.05) is 0 Å². The predicted octanol–water partition coefficient (Wildman–Crippen LogP) is 2.48. The minimum absolute atomic E-state index is 0.0966. The number of amides is 1. The van der Waals surface area contributed by atoms with Crippen LogP contribution in [0.3, 0.4) is 0 Å². The predicted molar refractivity (Wildman–Crippen MR) is 75.3 cm³/mol. The molecule has 21 heavy (non-hydrogen) atoms. The molecule has 0 heterocycles. The average molecular weight is 295 g/mol. The Morgan fingerprint density at radius 2 is 2.05 bits per heavy atom. The molecule has 114 valence electrons. The van der Waals surface area contributed by atoms with E-state index >= 15 is 0 Å². The van der Waals surface area contributed by atoms with Crippen LogP contribution in [0.2, 0.25) is 0 Å². The van der Waals surface area contributed by atoms with Gasteiger partial charge in [0, 0.05) is 18.2 Å². The lowest BCUT2D eigenvalue weighted by Crippen LogP contribution is -2.23. The second kappa shape index (κ2) is 8.04. The summed E-state index contributed by atoms with van der Waals surface area (Å²) < 4.78 is 18.2. The van der Waals surface area contributed by atoms with E-state index in [0.717, 1.165) is 0 Å². The molecule has 1 amide bonds. The minimum Gasteiger partial charge on any atom is -0.493 e. The van der Waals surface area contributed by atoms with E-state index in [2.05, 4.69) is 5.32 Å². The molecule has 6 heteroatoms. The first-order valence-corrected chi connectivity index (χ1v) is 6.49. The standard InChI is InChI=1S/C15H18FNO4/c1-10(15(19)20)11(2)17-14(18)7-4-8-21-13-6-3-5-12(16)9-13/h3,5-6,9H,4,7-8H2,1-2H3,(H,17,18)(H,19,20). The molecule has 0 saturated carbocycles. The molecule has 0 aliphatic carbocycles. The van der Waals surface area contributed by atoms with Crippen molar-refractivity contribution in [1.82, 2.24) is 5.32 Å². The number of benzene rings is 1. The second-order valence-corrected chi connectivity index (χ2v) is 4.51. The molecule has 0 aliphatic heterocycles. The molecule has 0 spiro atoms. The molecule has 0 fully saturated rings. The summed E-state index contributed by atoms with van der Waals surface area (Å²) in [6.45, 7) is 3.23. The van der Waals surface area contributed by atoms with Gasteiger partial charge in [-0.25, -0.2) is 9.18 Å². The van der Waals surface area contributed by atoms with Crippen molar-refractivity contribution in [2.24, 2.45) is 0 Å². The molecular formula is C15H18FNO4. The summed E-state index contributed by atoms with van der Waals surface area (Å²) in [7, 11) is 0. The number of nitrogens with one attached hydrogen (secondary N) is 1. The first-order valence-electron chi connectivity index (χ1n) is 6.49. The van der Waals surface area contributed by atoms with Gasteiger partial charge in [0.25, 0.3) is 0 Å². The molecule has 1 aromatic carbocycles. The SMILES string of the molecule is CC(NC(=O)CCCOc1cccc(F)c1)=C(C)C(=O)O. The first-order chi connectivity index (χ1) is 9.90. The molecule has 2 N–H and O–H groups in total. The van der Waals surface area contributed by atoms with Gasteiger partial charge in [-0.2, -0.15) is 0 Å². The van der Waals surface area contributed by atoms with E-state index in [9.17, 15) is 14.0 Å². The molecule has 1 rings (SSSR count). The highest BCUT2D eigenvalue weighted by atomic mass is 19.1. The van der Waals surface area contributed by atoms with Gasteiger partial charge in [0.1, 0.15) is 11.6 Å². The Bertz CT molecular complexity index is 554. The maximum atomic E-state index is 12.9. The number of carbonyl (C=O) groups is 2. The highest BCUT2D eigenvalue weighted by Gasteiger charge is 2.08.